The van der Waals surface area contributed by atoms with Gasteiger partial charge in [0.1, 0.15) is 17.4 Å². The molecular weight excluding hydrogens is 430 g/mol. The predicted octanol–water partition coefficient (Wildman–Crippen LogP) is 7.92. The van der Waals surface area contributed by atoms with Gasteiger partial charge in [0.25, 0.3) is 0 Å². The minimum absolute atomic E-state index is 0.00224. The van der Waals surface area contributed by atoms with Crippen LogP contribution < -0.4 is 4.74 Å². The maximum Gasteiger partial charge on any atom is 0.400 e. The van der Waals surface area contributed by atoms with Gasteiger partial charge in [-0.05, 0) is 66.9 Å². The Hall–Kier alpha value is -2.44. The maximum absolute atomic E-state index is 14.7. The molecule has 2 aromatic rings. The Kier molecular flexibility index (Phi) is 6.28. The van der Waals surface area contributed by atoms with E-state index in [1.807, 2.05) is 0 Å². The molecule has 172 valence electrons. The lowest BCUT2D eigenvalue weighted by atomic mass is 9.79. The van der Waals surface area contributed by atoms with Crippen molar-refractivity contribution < 1.29 is 31.1 Å². The Labute approximate surface area is 183 Å². The van der Waals surface area contributed by atoms with Gasteiger partial charge in [0.05, 0.1) is 5.92 Å². The molecule has 0 spiro atoms. The molecule has 4 rings (SSSR count). The van der Waals surface area contributed by atoms with E-state index < -0.39 is 46.6 Å². The normalized spacial score (nSPS) is 20.8. The lowest BCUT2D eigenvalue weighted by Crippen LogP contribution is -2.37. The summed E-state index contributed by atoms with van der Waals surface area (Å²) in [5.41, 5.74) is 0.469. The quantitative estimate of drug-likeness (QED) is 0.403. The van der Waals surface area contributed by atoms with Gasteiger partial charge in [-0.2, -0.15) is 8.78 Å². The van der Waals surface area contributed by atoms with Crippen molar-refractivity contribution in [1.82, 2.24) is 0 Å². The average molecular weight is 454 g/mol. The van der Waals surface area contributed by atoms with Gasteiger partial charge in [-0.15, -0.1) is 0 Å². The SMILES string of the molecule is CCCC1CCC(C(F)(F)Oc2cc(F)c(C3=Cc4cc(F)c(F)cc4C3)c(F)c2)CC1. The second-order valence-corrected chi connectivity index (χ2v) is 8.74. The number of rotatable bonds is 6. The lowest BCUT2D eigenvalue weighted by Gasteiger charge is -2.33. The fourth-order valence-electron chi connectivity index (χ4n) is 4.85. The van der Waals surface area contributed by atoms with Crippen LogP contribution >= 0.6 is 0 Å². The van der Waals surface area contributed by atoms with Crippen LogP contribution in [0.4, 0.5) is 26.3 Å². The molecule has 0 heterocycles. The van der Waals surface area contributed by atoms with E-state index in [4.69, 9.17) is 4.74 Å². The van der Waals surface area contributed by atoms with Crippen molar-refractivity contribution in [2.75, 3.05) is 0 Å². The van der Waals surface area contributed by atoms with Crippen molar-refractivity contribution in [3.8, 4) is 5.75 Å². The Balaban J connectivity index is 1.50. The average Bonchev–Trinajstić information content (AvgIpc) is 3.10. The Morgan fingerprint density at radius 2 is 1.50 bits per heavy atom. The third-order valence-corrected chi connectivity index (χ3v) is 6.50. The highest BCUT2D eigenvalue weighted by molar-refractivity contribution is 5.89. The molecule has 0 atom stereocenters. The van der Waals surface area contributed by atoms with Gasteiger partial charge in [-0.1, -0.05) is 25.8 Å². The van der Waals surface area contributed by atoms with E-state index in [1.165, 1.54) is 6.08 Å². The first-order chi connectivity index (χ1) is 15.2. The monoisotopic (exact) mass is 454 g/mol. The summed E-state index contributed by atoms with van der Waals surface area (Å²) >= 11 is 0. The molecule has 7 heteroatoms. The topological polar surface area (TPSA) is 9.23 Å². The summed E-state index contributed by atoms with van der Waals surface area (Å²) in [6.45, 7) is 2.06. The van der Waals surface area contributed by atoms with Gasteiger partial charge < -0.3 is 4.74 Å². The minimum Gasteiger partial charge on any atom is -0.432 e. The summed E-state index contributed by atoms with van der Waals surface area (Å²) in [5, 5.41) is 0. The van der Waals surface area contributed by atoms with Crippen molar-refractivity contribution in [1.29, 1.82) is 0 Å². The van der Waals surface area contributed by atoms with Crippen LogP contribution in [0.5, 0.6) is 5.75 Å². The largest absolute Gasteiger partial charge is 0.432 e. The number of fused-ring (bicyclic) bond motifs is 1. The van der Waals surface area contributed by atoms with Gasteiger partial charge in [0.15, 0.2) is 11.6 Å². The van der Waals surface area contributed by atoms with Gasteiger partial charge in [0, 0.05) is 17.7 Å². The molecule has 0 amide bonds. The number of allylic oxidation sites excluding steroid dienone is 1. The molecule has 0 saturated heterocycles. The Morgan fingerprint density at radius 3 is 2.12 bits per heavy atom. The lowest BCUT2D eigenvalue weighted by molar-refractivity contribution is -0.223. The van der Waals surface area contributed by atoms with Crippen molar-refractivity contribution in [3.63, 3.8) is 0 Å². The molecule has 32 heavy (non-hydrogen) atoms. The van der Waals surface area contributed by atoms with Crippen molar-refractivity contribution in [3.05, 3.63) is 64.2 Å². The standard InChI is InChI=1S/C25H24F6O/c1-2-3-14-4-6-18(7-5-14)25(30,31)32-19-12-22(28)24(23(29)13-19)17-8-15-10-20(26)21(27)11-16(15)9-17/h8,10-14,18H,2-7,9H2,1H3. The predicted molar refractivity (Wildman–Crippen MR) is 110 cm³/mol. The second kappa shape index (κ2) is 8.83. The molecule has 2 aromatic carbocycles. The van der Waals surface area contributed by atoms with Crippen LogP contribution in [0.3, 0.4) is 0 Å². The van der Waals surface area contributed by atoms with Crippen molar-refractivity contribution in [2.24, 2.45) is 11.8 Å². The van der Waals surface area contributed by atoms with E-state index in [0.717, 1.165) is 37.1 Å². The molecule has 1 nitrogen and oxygen atoms in total. The molecule has 0 bridgehead atoms. The molecule has 0 aromatic heterocycles. The number of hydrogen-bond donors (Lipinski definition) is 0. The minimum atomic E-state index is -3.53. The number of halogens is 6. The number of hydrogen-bond acceptors (Lipinski definition) is 1. The third kappa shape index (κ3) is 4.52. The summed E-state index contributed by atoms with van der Waals surface area (Å²) in [6.07, 6.45) is 1.84. The molecule has 0 N–H and O–H groups in total. The number of alkyl halides is 2. The highest BCUT2D eigenvalue weighted by Gasteiger charge is 2.44. The molecule has 0 radical (unpaired) electrons. The maximum atomic E-state index is 14.7. The van der Waals surface area contributed by atoms with Gasteiger partial charge in [0.2, 0.25) is 0 Å². The second-order valence-electron chi connectivity index (χ2n) is 8.74. The third-order valence-electron chi connectivity index (χ3n) is 6.50. The van der Waals surface area contributed by atoms with E-state index in [9.17, 15) is 26.3 Å². The van der Waals surface area contributed by atoms with Crippen LogP contribution in [-0.2, 0) is 6.42 Å². The van der Waals surface area contributed by atoms with Gasteiger partial charge >= 0.3 is 6.11 Å². The fourth-order valence-corrected chi connectivity index (χ4v) is 4.85. The first-order valence-electron chi connectivity index (χ1n) is 10.9. The Bertz CT molecular complexity index is 1010. The zero-order valence-corrected chi connectivity index (χ0v) is 17.7. The first kappa shape index (κ1) is 22.7. The van der Waals surface area contributed by atoms with E-state index >= 15 is 0 Å². The highest BCUT2D eigenvalue weighted by Crippen LogP contribution is 2.42. The van der Waals surface area contributed by atoms with Crippen LogP contribution in [-0.4, -0.2) is 6.11 Å². The molecule has 2 aliphatic carbocycles. The Morgan fingerprint density at radius 1 is 0.875 bits per heavy atom. The summed E-state index contributed by atoms with van der Waals surface area (Å²) in [6, 6.07) is 3.41. The van der Waals surface area contributed by atoms with E-state index in [-0.39, 0.29) is 12.0 Å². The molecule has 0 aliphatic heterocycles. The fraction of sp³-hybridized carbons (Fsp3) is 0.440. The van der Waals surface area contributed by atoms with Crippen molar-refractivity contribution >= 4 is 11.6 Å². The van der Waals surface area contributed by atoms with Crippen LogP contribution in [0.2, 0.25) is 0 Å². The van der Waals surface area contributed by atoms with Crippen LogP contribution in [0.1, 0.15) is 62.1 Å². The van der Waals surface area contributed by atoms with E-state index in [0.29, 0.717) is 42.7 Å². The smallest absolute Gasteiger partial charge is 0.400 e. The van der Waals surface area contributed by atoms with Crippen LogP contribution in [0, 0.1) is 35.1 Å². The first-order valence-corrected chi connectivity index (χ1v) is 10.9. The van der Waals surface area contributed by atoms with Gasteiger partial charge in [-0.3, -0.25) is 0 Å². The summed E-state index contributed by atoms with van der Waals surface area (Å²) < 4.78 is 90.5. The zero-order valence-electron chi connectivity index (χ0n) is 17.7. The number of ether oxygens (including phenoxy) is 1. The number of benzene rings is 2. The molecular formula is C25H24F6O. The highest BCUT2D eigenvalue weighted by atomic mass is 19.3. The zero-order chi connectivity index (χ0) is 23.0. The van der Waals surface area contributed by atoms with Crippen LogP contribution in [0.25, 0.3) is 11.6 Å². The summed E-state index contributed by atoms with van der Waals surface area (Å²) in [4.78, 5) is 0. The molecule has 0 unspecified atom stereocenters. The summed E-state index contributed by atoms with van der Waals surface area (Å²) in [5.74, 6) is -5.39. The van der Waals surface area contributed by atoms with E-state index in [2.05, 4.69) is 6.92 Å². The van der Waals surface area contributed by atoms with Gasteiger partial charge in [-0.25, -0.2) is 17.6 Å². The molecule has 1 fully saturated rings. The molecule has 1 saturated carbocycles. The van der Waals surface area contributed by atoms with Crippen LogP contribution in [0.15, 0.2) is 24.3 Å². The van der Waals surface area contributed by atoms with E-state index in [1.54, 1.807) is 0 Å². The van der Waals surface area contributed by atoms with Crippen molar-refractivity contribution in [2.45, 2.75) is 58.0 Å². The molecule has 2 aliphatic rings. The summed E-state index contributed by atoms with van der Waals surface area (Å²) in [7, 11) is 0.